The number of rotatable bonds is 28. The van der Waals surface area contributed by atoms with Gasteiger partial charge < -0.3 is 48.1 Å². The van der Waals surface area contributed by atoms with Gasteiger partial charge in [-0.15, -0.1) is 0 Å². The van der Waals surface area contributed by atoms with Gasteiger partial charge in [-0.3, -0.25) is 0 Å². The fraction of sp³-hybridized carbons (Fsp3) is 0.398. The van der Waals surface area contributed by atoms with Crippen LogP contribution in [0.1, 0.15) is 228 Å². The van der Waals surface area contributed by atoms with Crippen LogP contribution in [0.5, 0.6) is 46.0 Å². The van der Waals surface area contributed by atoms with E-state index in [1.165, 1.54) is 0 Å². The molecule has 0 heterocycles. The average Bonchev–Trinajstić information content (AvgIpc) is 0.788. The highest BCUT2D eigenvalue weighted by Gasteiger charge is 2.28. The van der Waals surface area contributed by atoms with E-state index in [-0.39, 0.29) is 11.1 Å². The van der Waals surface area contributed by atoms with Gasteiger partial charge in [-0.2, -0.15) is 0 Å². The van der Waals surface area contributed by atoms with Gasteiger partial charge in [0.15, 0.2) is 0 Å². The SMILES string of the molecule is CCCOc1c2cccc1Cc1cc(Cc3cc4c(OCCC)c(c3)Cc3cc(C(=O)O)cc(c3OCCC)Cc3cccc(c3OCCC)Cc3cccc(c3OCCC)C4)cc(c1OCCC)Cc1cc(C(=O)O)cc(c1OCCC)Cc1cccc(c1OCCC)C2. The van der Waals surface area contributed by atoms with E-state index in [4.69, 9.17) is 37.9 Å². The predicted molar refractivity (Wildman–Crippen MR) is 377 cm³/mol. The Morgan fingerprint density at radius 1 is 0.263 bits per heavy atom. The Balaban J connectivity index is 1.24. The number of ether oxygens (including phenoxy) is 8. The zero-order valence-electron chi connectivity index (χ0n) is 57.2. The summed E-state index contributed by atoms with van der Waals surface area (Å²) in [6.07, 6.45) is 10.2. The van der Waals surface area contributed by atoms with E-state index in [1.807, 2.05) is 0 Å². The van der Waals surface area contributed by atoms with Gasteiger partial charge >= 0.3 is 11.9 Å². The van der Waals surface area contributed by atoms with Crippen LogP contribution in [0, 0.1) is 0 Å². The van der Waals surface area contributed by atoms with E-state index >= 15 is 0 Å². The Labute approximate surface area is 562 Å². The van der Waals surface area contributed by atoms with Crippen LogP contribution < -0.4 is 37.9 Å². The summed E-state index contributed by atoms with van der Waals surface area (Å²) < 4.78 is 55.0. The lowest BCUT2D eigenvalue weighted by molar-refractivity contribution is 0.0685. The lowest BCUT2D eigenvalue weighted by Crippen LogP contribution is -2.12. The molecule has 2 N–H and O–H groups in total. The van der Waals surface area contributed by atoms with Crippen molar-refractivity contribution in [1.82, 2.24) is 0 Å². The first-order valence-electron chi connectivity index (χ1n) is 34.9. The Bertz CT molecular complexity index is 3720. The van der Waals surface area contributed by atoms with E-state index in [1.54, 1.807) is 24.3 Å². The average molecular weight is 1290 g/mol. The number of para-hydroxylation sites is 4. The minimum absolute atomic E-state index is 0.174. The molecule has 500 valence electrons. The fourth-order valence-electron chi connectivity index (χ4n) is 13.3. The Morgan fingerprint density at radius 2 is 0.421 bits per heavy atom. The number of hydrogen-bond donors (Lipinski definition) is 2. The van der Waals surface area contributed by atoms with Crippen LogP contribution >= 0.6 is 0 Å². The molecule has 0 atom stereocenters. The highest BCUT2D eigenvalue weighted by atomic mass is 16.5. The number of carboxylic acids is 2. The number of fused-ring (bicyclic) bond motifs is 16. The van der Waals surface area contributed by atoms with Gasteiger partial charge in [-0.05, 0) is 182 Å². The second-order valence-corrected chi connectivity index (χ2v) is 25.3. The van der Waals surface area contributed by atoms with Gasteiger partial charge in [0, 0.05) is 51.4 Å². The summed E-state index contributed by atoms with van der Waals surface area (Å²) in [4.78, 5) is 26.8. The number of aromatic carboxylic acids is 2. The van der Waals surface area contributed by atoms with Crippen LogP contribution in [-0.4, -0.2) is 75.0 Å². The molecular weight excluding hydrogens is 1190 g/mol. The highest BCUT2D eigenvalue weighted by Crippen LogP contribution is 2.44. The van der Waals surface area contributed by atoms with Gasteiger partial charge in [0.1, 0.15) is 46.0 Å². The molecule has 2 aliphatic carbocycles. The minimum atomic E-state index is -1.03. The molecule has 8 aromatic carbocycles. The molecule has 95 heavy (non-hydrogen) atoms. The van der Waals surface area contributed by atoms with Gasteiger partial charge in [0.2, 0.25) is 0 Å². The predicted octanol–water partition coefficient (Wildman–Crippen LogP) is 18.3. The number of hydrogen-bond acceptors (Lipinski definition) is 10. The summed E-state index contributed by atoms with van der Waals surface area (Å²) in [5.41, 5.74) is 17.2. The Morgan fingerprint density at radius 3 is 0.600 bits per heavy atom. The summed E-state index contributed by atoms with van der Waals surface area (Å²) in [5, 5.41) is 21.9. The number of carboxylic acid groups (broad SMARTS) is 2. The van der Waals surface area contributed by atoms with E-state index in [2.05, 4.69) is 152 Å². The van der Waals surface area contributed by atoms with Gasteiger partial charge in [-0.25, -0.2) is 9.59 Å². The monoisotopic (exact) mass is 1280 g/mol. The van der Waals surface area contributed by atoms with Crippen molar-refractivity contribution in [3.05, 3.63) is 233 Å². The molecule has 12 nitrogen and oxygen atoms in total. The first-order chi connectivity index (χ1) is 46.4. The molecular formula is C83H96O12. The summed E-state index contributed by atoms with van der Waals surface area (Å²) in [6.45, 7) is 20.7. The molecule has 0 spiro atoms. The molecule has 10 rings (SSSR count). The van der Waals surface area contributed by atoms with Crippen LogP contribution in [-0.2, 0) is 57.8 Å². The standard InChI is InChI=1S/C83H96O12/c1-9-29-88-74-56-21-17-25-60(74)44-64-38-54(40-66(78(64)92-33-13-5)48-70-52-72(82(84)85)50-68(80(70)94-35-15-7)46-62-27-19-23-58(42-56)76(62)90-31-11-3)37-55-39-65-45-61-26-18-22-57(75(61)89-30-10-2)43-59-24-20-28-63(77(59)91-32-12-4)47-69-51-73(83(86)87)53-71(81(69)95-36-16-8)49-67(41-55)79(65)93-34-14-6/h17-28,38-41,50-53H,9-16,29-37,42-49H2,1-8H3,(H,84,85)(H,86,87). The molecule has 0 saturated heterocycles. The van der Waals surface area contributed by atoms with Crippen molar-refractivity contribution in [2.45, 2.75) is 165 Å². The summed E-state index contributed by atoms with van der Waals surface area (Å²) in [7, 11) is 0. The maximum atomic E-state index is 13.4. The third-order valence-corrected chi connectivity index (χ3v) is 17.4. The molecule has 0 radical (unpaired) electrons. The van der Waals surface area contributed by atoms with E-state index in [9.17, 15) is 19.8 Å². The first-order valence-corrected chi connectivity index (χ1v) is 34.9. The lowest BCUT2D eigenvalue weighted by Gasteiger charge is -2.24. The quantitative estimate of drug-likeness (QED) is 0.0481. The van der Waals surface area contributed by atoms with Crippen molar-refractivity contribution in [3.8, 4) is 46.0 Å². The number of benzene rings is 8. The molecule has 16 bridgehead atoms. The summed E-state index contributed by atoms with van der Waals surface area (Å²) >= 11 is 0. The van der Waals surface area contributed by atoms with Gasteiger partial charge in [-0.1, -0.05) is 152 Å². The summed E-state index contributed by atoms with van der Waals surface area (Å²) in [6, 6.07) is 41.6. The molecule has 2 aliphatic rings. The Hall–Kier alpha value is -8.90. The maximum Gasteiger partial charge on any atom is 0.335 e. The molecule has 0 amide bonds. The lowest BCUT2D eigenvalue weighted by atomic mass is 9.87. The molecule has 8 aromatic rings. The summed E-state index contributed by atoms with van der Waals surface area (Å²) in [5.74, 6) is 4.05. The largest absolute Gasteiger partial charge is 0.493 e. The third-order valence-electron chi connectivity index (χ3n) is 17.4. The molecule has 0 aromatic heterocycles. The Kier molecular flexibility index (Phi) is 24.3. The van der Waals surface area contributed by atoms with Gasteiger partial charge in [0.25, 0.3) is 0 Å². The topological polar surface area (TPSA) is 148 Å². The van der Waals surface area contributed by atoms with Gasteiger partial charge in [0.05, 0.1) is 64.0 Å². The zero-order valence-corrected chi connectivity index (χ0v) is 57.2. The van der Waals surface area contributed by atoms with Crippen LogP contribution in [0.4, 0.5) is 0 Å². The van der Waals surface area contributed by atoms with Crippen LogP contribution in [0.15, 0.2) is 121 Å². The van der Waals surface area contributed by atoms with Crippen molar-refractivity contribution in [2.24, 2.45) is 0 Å². The van der Waals surface area contributed by atoms with Crippen molar-refractivity contribution < 1.29 is 57.7 Å². The van der Waals surface area contributed by atoms with Crippen molar-refractivity contribution in [3.63, 3.8) is 0 Å². The van der Waals surface area contributed by atoms with Crippen LogP contribution in [0.25, 0.3) is 0 Å². The molecule has 12 heteroatoms. The molecule has 0 aliphatic heterocycles. The smallest absolute Gasteiger partial charge is 0.335 e. The van der Waals surface area contributed by atoms with Crippen molar-refractivity contribution >= 4 is 11.9 Å². The molecule has 0 saturated carbocycles. The van der Waals surface area contributed by atoms with E-state index in [0.29, 0.717) is 122 Å². The van der Waals surface area contributed by atoms with Crippen molar-refractivity contribution in [1.29, 1.82) is 0 Å². The number of carbonyl (C=O) groups is 2. The maximum absolute atomic E-state index is 13.4. The van der Waals surface area contributed by atoms with Crippen LogP contribution in [0.3, 0.4) is 0 Å². The van der Waals surface area contributed by atoms with E-state index < -0.39 is 11.9 Å². The zero-order chi connectivity index (χ0) is 66.8. The van der Waals surface area contributed by atoms with E-state index in [0.717, 1.165) is 186 Å². The van der Waals surface area contributed by atoms with Crippen molar-refractivity contribution in [2.75, 3.05) is 52.9 Å². The second kappa shape index (κ2) is 33.5. The highest BCUT2D eigenvalue weighted by molar-refractivity contribution is 5.89. The second-order valence-electron chi connectivity index (χ2n) is 25.3. The third kappa shape index (κ3) is 16.8. The van der Waals surface area contributed by atoms with Crippen LogP contribution in [0.2, 0.25) is 0 Å². The minimum Gasteiger partial charge on any atom is -0.493 e. The normalized spacial score (nSPS) is 12.5. The molecule has 0 fully saturated rings. The molecule has 0 unspecified atom stereocenters. The first kappa shape index (κ1) is 68.9. The fourth-order valence-corrected chi connectivity index (χ4v) is 13.3.